The predicted molar refractivity (Wildman–Crippen MR) is 135 cm³/mol. The van der Waals surface area contributed by atoms with E-state index >= 15 is 0 Å². The number of hydrogen-bond acceptors (Lipinski definition) is 6. The average molecular weight is 495 g/mol. The molecule has 2 aliphatic rings. The number of carbonyl (C=O) groups excluding carboxylic acids is 3. The molecule has 1 aliphatic carbocycles. The van der Waals surface area contributed by atoms with Crippen molar-refractivity contribution >= 4 is 17.7 Å². The summed E-state index contributed by atoms with van der Waals surface area (Å²) in [6.45, 7) is 2.39. The molecule has 1 aliphatic heterocycles. The molecule has 192 valence electrons. The van der Waals surface area contributed by atoms with E-state index in [2.05, 4.69) is 5.32 Å². The molecule has 9 heteroatoms. The van der Waals surface area contributed by atoms with Crippen LogP contribution in [0, 0.1) is 6.92 Å². The van der Waals surface area contributed by atoms with Gasteiger partial charge in [0, 0.05) is 36.3 Å². The van der Waals surface area contributed by atoms with E-state index in [1.54, 1.807) is 30.3 Å². The molecule has 0 aromatic heterocycles. The van der Waals surface area contributed by atoms with Gasteiger partial charge in [-0.25, -0.2) is 0 Å². The number of carbonyl (C=O) groups is 3. The second-order valence-corrected chi connectivity index (χ2v) is 9.43. The maximum atomic E-state index is 13.6. The highest BCUT2D eigenvalue weighted by molar-refractivity contribution is 6.02. The first-order valence-electron chi connectivity index (χ1n) is 12.3. The monoisotopic (exact) mass is 494 g/mol. The van der Waals surface area contributed by atoms with Gasteiger partial charge in [0.05, 0.1) is 14.2 Å². The van der Waals surface area contributed by atoms with Gasteiger partial charge in [0.25, 0.3) is 17.7 Å². The molecule has 3 N–H and O–H groups in total. The number of hydrogen-bond donors (Lipinski definition) is 2. The van der Waals surface area contributed by atoms with E-state index < -0.39 is 6.17 Å². The van der Waals surface area contributed by atoms with Gasteiger partial charge in [-0.2, -0.15) is 0 Å². The van der Waals surface area contributed by atoms with Crippen molar-refractivity contribution in [1.82, 2.24) is 15.1 Å². The van der Waals surface area contributed by atoms with E-state index in [0.717, 1.165) is 31.2 Å². The van der Waals surface area contributed by atoms with Gasteiger partial charge in [0.1, 0.15) is 0 Å². The Morgan fingerprint density at radius 3 is 2.06 bits per heavy atom. The van der Waals surface area contributed by atoms with E-state index in [0.29, 0.717) is 22.6 Å². The molecular weight excluding hydrogens is 460 g/mol. The molecule has 1 heterocycles. The van der Waals surface area contributed by atoms with Crippen LogP contribution in [-0.4, -0.2) is 73.1 Å². The van der Waals surface area contributed by atoms with Gasteiger partial charge >= 0.3 is 0 Å². The highest BCUT2D eigenvalue weighted by atomic mass is 16.5. The van der Waals surface area contributed by atoms with Gasteiger partial charge in [0.2, 0.25) is 0 Å². The lowest BCUT2D eigenvalue weighted by Crippen LogP contribution is -2.56. The summed E-state index contributed by atoms with van der Waals surface area (Å²) in [5, 5.41) is 3.08. The molecule has 2 aromatic carbocycles. The number of ether oxygens (including phenoxy) is 2. The molecule has 2 fully saturated rings. The molecule has 0 bridgehead atoms. The molecule has 1 atom stereocenters. The molecular formula is C27H34N4O5. The van der Waals surface area contributed by atoms with E-state index in [1.807, 2.05) is 19.1 Å². The number of methoxy groups -OCH3 is 2. The third-order valence-corrected chi connectivity index (χ3v) is 6.94. The second-order valence-electron chi connectivity index (χ2n) is 9.43. The molecule has 1 saturated heterocycles. The molecule has 4 rings (SSSR count). The molecule has 36 heavy (non-hydrogen) atoms. The normalized spacial score (nSPS) is 21.7. The topological polar surface area (TPSA) is 114 Å². The number of benzene rings is 2. The molecule has 0 radical (unpaired) electrons. The predicted octanol–water partition coefficient (Wildman–Crippen LogP) is 2.32. The van der Waals surface area contributed by atoms with Crippen LogP contribution in [0.5, 0.6) is 11.5 Å². The Labute approximate surface area is 211 Å². The van der Waals surface area contributed by atoms with Crippen molar-refractivity contribution in [2.24, 2.45) is 5.73 Å². The maximum absolute atomic E-state index is 13.6. The Morgan fingerprint density at radius 2 is 1.47 bits per heavy atom. The van der Waals surface area contributed by atoms with Crippen molar-refractivity contribution in [2.45, 2.75) is 50.9 Å². The standard InChI is InChI=1S/C27H34N4O5/c1-17-5-4-6-18(15-17)26(33)30-13-14-31(25(30)24(32)29-21-10-8-20(28)9-11-21)27(34)19-7-12-22(35-2)23(16-19)36-3/h4-7,12,15-16,20-21,25H,8-11,13-14,28H2,1-3H3,(H,29,32). The summed E-state index contributed by atoms with van der Waals surface area (Å²) in [5.41, 5.74) is 7.79. The summed E-state index contributed by atoms with van der Waals surface area (Å²) in [6.07, 6.45) is 2.14. The van der Waals surface area contributed by atoms with Crippen molar-refractivity contribution < 1.29 is 23.9 Å². The van der Waals surface area contributed by atoms with Gasteiger partial charge in [-0.1, -0.05) is 17.7 Å². The summed E-state index contributed by atoms with van der Waals surface area (Å²) >= 11 is 0. The van der Waals surface area contributed by atoms with E-state index in [9.17, 15) is 14.4 Å². The Kier molecular flexibility index (Phi) is 7.79. The fourth-order valence-corrected chi connectivity index (χ4v) is 4.95. The molecule has 1 saturated carbocycles. The lowest BCUT2D eigenvalue weighted by atomic mass is 9.92. The highest BCUT2D eigenvalue weighted by Crippen LogP contribution is 2.30. The number of amides is 3. The van der Waals surface area contributed by atoms with Crippen LogP contribution < -0.4 is 20.5 Å². The third kappa shape index (κ3) is 5.31. The van der Waals surface area contributed by atoms with Crippen molar-refractivity contribution in [3.63, 3.8) is 0 Å². The van der Waals surface area contributed by atoms with Crippen molar-refractivity contribution in [2.75, 3.05) is 27.3 Å². The van der Waals surface area contributed by atoms with Crippen LogP contribution in [0.1, 0.15) is 52.0 Å². The lowest BCUT2D eigenvalue weighted by Gasteiger charge is -2.33. The summed E-state index contributed by atoms with van der Waals surface area (Å²) in [4.78, 5) is 43.7. The van der Waals surface area contributed by atoms with Crippen LogP contribution in [0.15, 0.2) is 42.5 Å². The smallest absolute Gasteiger partial charge is 0.264 e. The SMILES string of the molecule is COc1ccc(C(=O)N2CCN(C(=O)c3cccc(C)c3)C2C(=O)NC2CCC(N)CC2)cc1OC. The first kappa shape index (κ1) is 25.5. The van der Waals surface area contributed by atoms with E-state index in [4.69, 9.17) is 15.2 Å². The highest BCUT2D eigenvalue weighted by Gasteiger charge is 2.44. The van der Waals surface area contributed by atoms with Crippen LogP contribution in [-0.2, 0) is 4.79 Å². The second kappa shape index (κ2) is 11.0. The number of nitrogens with zero attached hydrogens (tertiary/aromatic N) is 2. The Balaban J connectivity index is 1.62. The van der Waals surface area contributed by atoms with Crippen LogP contribution in [0.4, 0.5) is 0 Å². The van der Waals surface area contributed by atoms with E-state index in [-0.39, 0.29) is 42.9 Å². The van der Waals surface area contributed by atoms with Crippen LogP contribution in [0.3, 0.4) is 0 Å². The number of aryl methyl sites for hydroxylation is 1. The van der Waals surface area contributed by atoms with Crippen LogP contribution in [0.2, 0.25) is 0 Å². The zero-order valence-electron chi connectivity index (χ0n) is 21.0. The fraction of sp³-hybridized carbons (Fsp3) is 0.444. The Hall–Kier alpha value is -3.59. The van der Waals surface area contributed by atoms with Crippen molar-refractivity contribution in [1.29, 1.82) is 0 Å². The van der Waals surface area contributed by atoms with Gasteiger partial charge in [-0.3, -0.25) is 14.4 Å². The van der Waals surface area contributed by atoms with Crippen LogP contribution in [0.25, 0.3) is 0 Å². The van der Waals surface area contributed by atoms with Gasteiger partial charge in [0.15, 0.2) is 17.7 Å². The van der Waals surface area contributed by atoms with Crippen LogP contribution >= 0.6 is 0 Å². The summed E-state index contributed by atoms with van der Waals surface area (Å²) in [7, 11) is 3.02. The summed E-state index contributed by atoms with van der Waals surface area (Å²) in [6, 6.07) is 12.2. The van der Waals surface area contributed by atoms with Crippen molar-refractivity contribution in [3.8, 4) is 11.5 Å². The molecule has 3 amide bonds. The first-order valence-corrected chi connectivity index (χ1v) is 12.3. The van der Waals surface area contributed by atoms with Crippen molar-refractivity contribution in [3.05, 3.63) is 59.2 Å². The third-order valence-electron chi connectivity index (χ3n) is 6.94. The summed E-state index contributed by atoms with van der Waals surface area (Å²) < 4.78 is 10.6. The molecule has 2 aromatic rings. The summed E-state index contributed by atoms with van der Waals surface area (Å²) in [5.74, 6) is -0.0949. The molecule has 9 nitrogen and oxygen atoms in total. The first-order chi connectivity index (χ1) is 17.3. The van der Waals surface area contributed by atoms with Gasteiger partial charge < -0.3 is 30.3 Å². The maximum Gasteiger partial charge on any atom is 0.264 e. The Morgan fingerprint density at radius 1 is 0.861 bits per heavy atom. The zero-order chi connectivity index (χ0) is 25.8. The van der Waals surface area contributed by atoms with Gasteiger partial charge in [-0.05, 0) is 62.9 Å². The largest absolute Gasteiger partial charge is 0.493 e. The minimum absolute atomic E-state index is 0.0353. The Bertz CT molecular complexity index is 1130. The van der Waals surface area contributed by atoms with E-state index in [1.165, 1.54) is 24.0 Å². The number of rotatable bonds is 6. The molecule has 1 unspecified atom stereocenters. The average Bonchev–Trinajstić information content (AvgIpc) is 3.34. The number of nitrogens with one attached hydrogen (secondary N) is 1. The number of nitrogens with two attached hydrogens (primary N) is 1. The minimum atomic E-state index is -1.06. The zero-order valence-corrected chi connectivity index (χ0v) is 21.0. The lowest BCUT2D eigenvalue weighted by molar-refractivity contribution is -0.129. The quantitative estimate of drug-likeness (QED) is 0.637. The minimum Gasteiger partial charge on any atom is -0.493 e. The fourth-order valence-electron chi connectivity index (χ4n) is 4.95. The molecule has 0 spiro atoms. The van der Waals surface area contributed by atoms with Gasteiger partial charge in [-0.15, -0.1) is 0 Å².